The zero-order chi connectivity index (χ0) is 24.2. The molecule has 0 aliphatic heterocycles. The van der Waals surface area contributed by atoms with Crippen molar-refractivity contribution >= 4 is 51.3 Å². The number of carbonyl (C=O) groups excluding carboxylic acids is 2. The summed E-state index contributed by atoms with van der Waals surface area (Å²) in [5.41, 5.74) is 2.92. The van der Waals surface area contributed by atoms with Gasteiger partial charge in [0, 0.05) is 34.3 Å². The van der Waals surface area contributed by atoms with Gasteiger partial charge in [-0.3, -0.25) is 25.0 Å². The fraction of sp³-hybridized carbons (Fsp3) is 0.0400. The zero-order valence-corrected chi connectivity index (χ0v) is 18.8. The Bertz CT molecular complexity index is 1440. The van der Waals surface area contributed by atoms with E-state index in [1.807, 2.05) is 30.3 Å². The summed E-state index contributed by atoms with van der Waals surface area (Å²) in [6.45, 7) is 1.44. The summed E-state index contributed by atoms with van der Waals surface area (Å²) in [5, 5.41) is 17.2. The van der Waals surface area contributed by atoms with Crippen molar-refractivity contribution in [2.45, 2.75) is 6.92 Å². The van der Waals surface area contributed by atoms with Crippen molar-refractivity contribution < 1.29 is 14.5 Å². The Labute approximate surface area is 199 Å². The Hall–Kier alpha value is -4.50. The molecule has 1 amide bonds. The van der Waals surface area contributed by atoms with Gasteiger partial charge in [0.05, 0.1) is 21.7 Å². The van der Waals surface area contributed by atoms with Crippen molar-refractivity contribution in [3.63, 3.8) is 0 Å². The molecule has 0 aliphatic carbocycles. The number of pyridine rings is 1. The number of para-hydroxylation sites is 1. The molecule has 0 radical (unpaired) electrons. The van der Waals surface area contributed by atoms with Gasteiger partial charge in [0.2, 0.25) is 0 Å². The molecule has 1 heterocycles. The summed E-state index contributed by atoms with van der Waals surface area (Å²) in [6.07, 6.45) is 0. The minimum Gasteiger partial charge on any atom is -0.332 e. The number of anilines is 1. The van der Waals surface area contributed by atoms with Gasteiger partial charge in [-0.15, -0.1) is 0 Å². The van der Waals surface area contributed by atoms with Crippen molar-refractivity contribution in [2.75, 3.05) is 5.32 Å². The second kappa shape index (κ2) is 9.55. The van der Waals surface area contributed by atoms with Gasteiger partial charge in [0.1, 0.15) is 0 Å². The summed E-state index contributed by atoms with van der Waals surface area (Å²) in [7, 11) is 0. The van der Waals surface area contributed by atoms with E-state index in [9.17, 15) is 19.7 Å². The maximum atomic E-state index is 13.2. The molecular weight excluding hydrogens is 452 g/mol. The first-order valence-corrected chi connectivity index (χ1v) is 10.6. The number of nitro groups is 1. The number of benzene rings is 3. The molecule has 0 spiro atoms. The number of amides is 1. The molecule has 4 rings (SSSR count). The van der Waals surface area contributed by atoms with Crippen LogP contribution in [0.3, 0.4) is 0 Å². The van der Waals surface area contributed by atoms with Crippen LogP contribution in [-0.4, -0.2) is 26.7 Å². The molecule has 34 heavy (non-hydrogen) atoms. The number of nitrogens with zero attached hydrogens (tertiary/aromatic N) is 2. The van der Waals surface area contributed by atoms with Crippen LogP contribution in [0.1, 0.15) is 27.6 Å². The van der Waals surface area contributed by atoms with E-state index in [1.54, 1.807) is 36.4 Å². The zero-order valence-electron chi connectivity index (χ0n) is 17.9. The van der Waals surface area contributed by atoms with E-state index in [0.717, 1.165) is 5.69 Å². The molecule has 2 N–H and O–H groups in total. The number of aromatic nitrogens is 1. The fourth-order valence-corrected chi connectivity index (χ4v) is 3.60. The minimum absolute atomic E-state index is 0.0501. The first kappa shape index (κ1) is 22.7. The lowest BCUT2D eigenvalue weighted by Gasteiger charge is -2.13. The van der Waals surface area contributed by atoms with E-state index in [0.29, 0.717) is 27.7 Å². The fourth-order valence-electron chi connectivity index (χ4n) is 3.39. The second-order valence-corrected chi connectivity index (χ2v) is 7.83. The summed E-state index contributed by atoms with van der Waals surface area (Å²) in [6, 6.07) is 21.5. The molecule has 3 aromatic carbocycles. The SMILES string of the molecule is CC(=O)c1ccc2nc(-c3ccc([N+](=O)[O-])cc3)cc(C(=O)NC(=S)Nc3ccccc3)c2c1. The highest BCUT2D eigenvalue weighted by molar-refractivity contribution is 7.80. The van der Waals surface area contributed by atoms with Crippen LogP contribution in [0.15, 0.2) is 78.9 Å². The quantitative estimate of drug-likeness (QED) is 0.180. The number of non-ortho nitro benzene ring substituents is 1. The van der Waals surface area contributed by atoms with Gasteiger partial charge in [-0.05, 0) is 67.7 Å². The maximum Gasteiger partial charge on any atom is 0.269 e. The van der Waals surface area contributed by atoms with E-state index >= 15 is 0 Å². The first-order valence-electron chi connectivity index (χ1n) is 10.2. The number of ketones is 1. The normalized spacial score (nSPS) is 10.5. The lowest BCUT2D eigenvalue weighted by atomic mass is 10.0. The first-order chi connectivity index (χ1) is 16.3. The third kappa shape index (κ3) is 4.94. The van der Waals surface area contributed by atoms with Crippen molar-refractivity contribution in [2.24, 2.45) is 0 Å². The van der Waals surface area contributed by atoms with Crippen molar-refractivity contribution in [3.8, 4) is 11.3 Å². The van der Waals surface area contributed by atoms with Gasteiger partial charge >= 0.3 is 0 Å². The van der Waals surface area contributed by atoms with Crippen LogP contribution in [0.25, 0.3) is 22.2 Å². The number of carbonyl (C=O) groups is 2. The molecule has 0 unspecified atom stereocenters. The van der Waals surface area contributed by atoms with Crippen molar-refractivity contribution in [1.82, 2.24) is 10.3 Å². The summed E-state index contributed by atoms with van der Waals surface area (Å²) < 4.78 is 0. The highest BCUT2D eigenvalue weighted by Gasteiger charge is 2.17. The number of fused-ring (bicyclic) bond motifs is 1. The van der Waals surface area contributed by atoms with Crippen molar-refractivity contribution in [1.29, 1.82) is 0 Å². The smallest absolute Gasteiger partial charge is 0.269 e. The molecule has 8 nitrogen and oxygen atoms in total. The largest absolute Gasteiger partial charge is 0.332 e. The van der Waals surface area contributed by atoms with Gasteiger partial charge in [0.15, 0.2) is 10.9 Å². The van der Waals surface area contributed by atoms with Crippen molar-refractivity contribution in [3.05, 3.63) is 100 Å². The van der Waals surface area contributed by atoms with Crippen LogP contribution in [0.4, 0.5) is 11.4 Å². The van der Waals surface area contributed by atoms with E-state index < -0.39 is 10.8 Å². The molecule has 9 heteroatoms. The average molecular weight is 471 g/mol. The number of nitro benzene ring substituents is 1. The lowest BCUT2D eigenvalue weighted by Crippen LogP contribution is -2.34. The second-order valence-electron chi connectivity index (χ2n) is 7.42. The molecule has 168 valence electrons. The number of nitrogens with one attached hydrogen (secondary N) is 2. The predicted molar refractivity (Wildman–Crippen MR) is 134 cm³/mol. The monoisotopic (exact) mass is 470 g/mol. The predicted octanol–water partition coefficient (Wildman–Crippen LogP) is 5.14. The molecule has 0 saturated heterocycles. The Morgan fingerprint density at radius 2 is 1.68 bits per heavy atom. The number of Topliss-reactive ketones (excluding diaryl/α,β-unsaturated/α-hetero) is 1. The third-order valence-corrected chi connectivity index (χ3v) is 5.30. The van der Waals surface area contributed by atoms with Crippen LogP contribution >= 0.6 is 12.2 Å². The maximum absolute atomic E-state index is 13.2. The number of rotatable bonds is 5. The van der Waals surface area contributed by atoms with E-state index in [-0.39, 0.29) is 22.1 Å². The molecule has 4 aromatic rings. The Kier molecular flexibility index (Phi) is 6.37. The molecule has 0 atom stereocenters. The summed E-state index contributed by atoms with van der Waals surface area (Å²) >= 11 is 5.29. The van der Waals surface area contributed by atoms with Crippen LogP contribution in [-0.2, 0) is 0 Å². The topological polar surface area (TPSA) is 114 Å². The minimum atomic E-state index is -0.486. The summed E-state index contributed by atoms with van der Waals surface area (Å²) in [4.78, 5) is 40.2. The highest BCUT2D eigenvalue weighted by Crippen LogP contribution is 2.27. The van der Waals surface area contributed by atoms with Gasteiger partial charge in [-0.25, -0.2) is 4.98 Å². The molecule has 0 bridgehead atoms. The molecule has 0 aliphatic rings. The van der Waals surface area contributed by atoms with E-state index in [4.69, 9.17) is 12.2 Å². The molecule has 0 fully saturated rings. The lowest BCUT2D eigenvalue weighted by molar-refractivity contribution is -0.384. The van der Waals surface area contributed by atoms with E-state index in [2.05, 4.69) is 15.6 Å². The highest BCUT2D eigenvalue weighted by atomic mass is 32.1. The number of hydrogen-bond acceptors (Lipinski definition) is 6. The third-order valence-electron chi connectivity index (χ3n) is 5.09. The van der Waals surface area contributed by atoms with Crippen LogP contribution in [0.2, 0.25) is 0 Å². The standard InChI is InChI=1S/C25H18N4O4S/c1-15(30)17-9-12-22-20(13-17)21(24(31)28-25(34)26-18-5-3-2-4-6-18)14-23(27-22)16-7-10-19(11-8-16)29(32)33/h2-14H,1H3,(H2,26,28,31,34). The van der Waals surface area contributed by atoms with Gasteiger partial charge < -0.3 is 5.32 Å². The van der Waals surface area contributed by atoms with Gasteiger partial charge in [-0.1, -0.05) is 18.2 Å². The van der Waals surface area contributed by atoms with Gasteiger partial charge in [-0.2, -0.15) is 0 Å². The van der Waals surface area contributed by atoms with E-state index in [1.165, 1.54) is 19.1 Å². The number of hydrogen-bond donors (Lipinski definition) is 2. The van der Waals surface area contributed by atoms with Crippen LogP contribution < -0.4 is 10.6 Å². The van der Waals surface area contributed by atoms with Gasteiger partial charge in [0.25, 0.3) is 11.6 Å². The number of thiocarbonyl (C=S) groups is 1. The molecular formula is C25H18N4O4S. The van der Waals surface area contributed by atoms with Crippen LogP contribution in [0.5, 0.6) is 0 Å². The van der Waals surface area contributed by atoms with Crippen LogP contribution in [0, 0.1) is 10.1 Å². The summed E-state index contributed by atoms with van der Waals surface area (Å²) in [5.74, 6) is -0.626. The Morgan fingerprint density at radius 3 is 2.32 bits per heavy atom. The molecule has 1 aromatic heterocycles. The Balaban J connectivity index is 1.74. The average Bonchev–Trinajstić information content (AvgIpc) is 2.83. The Morgan fingerprint density at radius 1 is 0.971 bits per heavy atom. The molecule has 0 saturated carbocycles.